The first-order valence-corrected chi connectivity index (χ1v) is 14.2. The van der Waals surface area contributed by atoms with Gasteiger partial charge in [0.25, 0.3) is 0 Å². The Kier molecular flexibility index (Phi) is 12.5. The van der Waals surface area contributed by atoms with E-state index in [0.717, 1.165) is 44.5 Å². The van der Waals surface area contributed by atoms with Crippen LogP contribution in [0.3, 0.4) is 0 Å². The van der Waals surface area contributed by atoms with Crippen LogP contribution in [0.15, 0.2) is 53.7 Å². The Morgan fingerprint density at radius 3 is 2.05 bits per heavy atom. The molecule has 240 valence electrons. The summed E-state index contributed by atoms with van der Waals surface area (Å²) in [5, 5.41) is 14.2. The van der Waals surface area contributed by atoms with Gasteiger partial charge in [0.15, 0.2) is 0 Å². The largest absolute Gasteiger partial charge is 0.490 e. The highest BCUT2D eigenvalue weighted by atomic mass is 32.2. The number of ether oxygens (including phenoxy) is 1. The monoisotopic (exact) mass is 643 g/mol. The summed E-state index contributed by atoms with van der Waals surface area (Å²) in [5.41, 5.74) is 1.99. The average Bonchev–Trinajstić information content (AvgIpc) is 3.12. The third-order valence-electron chi connectivity index (χ3n) is 6.46. The number of halogens is 6. The number of sulfonamides is 1. The average molecular weight is 644 g/mol. The van der Waals surface area contributed by atoms with Crippen molar-refractivity contribution in [2.75, 3.05) is 32.8 Å². The van der Waals surface area contributed by atoms with Crippen LogP contribution < -0.4 is 0 Å². The molecule has 0 saturated carbocycles. The van der Waals surface area contributed by atoms with Crippen molar-refractivity contribution in [2.24, 2.45) is 0 Å². The van der Waals surface area contributed by atoms with Gasteiger partial charge < -0.3 is 14.9 Å². The SMILES string of the molecule is Cc1ccc(S(=O)(=O)N2CCCC3(CC2)CN(Cc2cccnc2)CCO3)cc1.O=C(O)C(F)(F)F.O=C(O)C(F)(F)F. The molecule has 1 atom stereocenters. The summed E-state index contributed by atoms with van der Waals surface area (Å²) in [6, 6.07) is 11.2. The van der Waals surface area contributed by atoms with Crippen molar-refractivity contribution in [1.29, 1.82) is 0 Å². The minimum atomic E-state index is -5.08. The molecule has 0 aliphatic carbocycles. The van der Waals surface area contributed by atoms with Crippen molar-refractivity contribution < 1.29 is 59.3 Å². The molecule has 0 amide bonds. The lowest BCUT2D eigenvalue weighted by atomic mass is 9.92. The van der Waals surface area contributed by atoms with Gasteiger partial charge in [0.2, 0.25) is 10.0 Å². The predicted molar refractivity (Wildman–Crippen MR) is 139 cm³/mol. The van der Waals surface area contributed by atoms with E-state index in [1.807, 2.05) is 31.3 Å². The number of carbonyl (C=O) groups is 2. The molecule has 2 aliphatic heterocycles. The smallest absolute Gasteiger partial charge is 0.475 e. The van der Waals surface area contributed by atoms with Gasteiger partial charge in [-0.2, -0.15) is 30.6 Å². The molecule has 2 aromatic rings. The lowest BCUT2D eigenvalue weighted by Crippen LogP contribution is -2.52. The summed E-state index contributed by atoms with van der Waals surface area (Å²) >= 11 is 0. The molecule has 2 fully saturated rings. The fraction of sp³-hybridized carbons (Fsp3) is 0.500. The number of alkyl halides is 6. The van der Waals surface area contributed by atoms with Gasteiger partial charge in [-0.15, -0.1) is 0 Å². The summed E-state index contributed by atoms with van der Waals surface area (Å²) in [4.78, 5) is 24.8. The molecule has 1 aromatic carbocycles. The number of aliphatic carboxylic acids is 2. The van der Waals surface area contributed by atoms with Gasteiger partial charge in [0, 0.05) is 45.1 Å². The second-order valence-corrected chi connectivity index (χ2v) is 11.7. The Morgan fingerprint density at radius 2 is 1.53 bits per heavy atom. The molecular formula is C26H31F6N3O7S. The zero-order valence-corrected chi connectivity index (χ0v) is 23.8. The fourth-order valence-electron chi connectivity index (χ4n) is 4.35. The second-order valence-electron chi connectivity index (χ2n) is 9.78. The summed E-state index contributed by atoms with van der Waals surface area (Å²) < 4.78 is 97.6. The van der Waals surface area contributed by atoms with Gasteiger partial charge in [0.1, 0.15) is 0 Å². The molecule has 43 heavy (non-hydrogen) atoms. The van der Waals surface area contributed by atoms with Crippen molar-refractivity contribution in [3.05, 3.63) is 59.9 Å². The Labute approximate surface area is 243 Å². The summed E-state index contributed by atoms with van der Waals surface area (Å²) in [7, 11) is -3.46. The summed E-state index contributed by atoms with van der Waals surface area (Å²) in [6.45, 7) is 6.27. The zero-order valence-electron chi connectivity index (χ0n) is 22.9. The topological polar surface area (TPSA) is 137 Å². The molecule has 17 heteroatoms. The Balaban J connectivity index is 0.000000384. The van der Waals surface area contributed by atoms with Crippen molar-refractivity contribution in [3.8, 4) is 0 Å². The number of nitrogens with zero attached hydrogens (tertiary/aromatic N) is 3. The minimum Gasteiger partial charge on any atom is -0.475 e. The minimum absolute atomic E-state index is 0.266. The van der Waals surface area contributed by atoms with Crippen molar-refractivity contribution in [1.82, 2.24) is 14.2 Å². The van der Waals surface area contributed by atoms with Crippen LogP contribution in [0.5, 0.6) is 0 Å². The first-order valence-electron chi connectivity index (χ1n) is 12.8. The van der Waals surface area contributed by atoms with E-state index in [2.05, 4.69) is 16.0 Å². The number of carboxylic acids is 2. The maximum absolute atomic E-state index is 13.1. The molecule has 3 heterocycles. The summed E-state index contributed by atoms with van der Waals surface area (Å²) in [5.74, 6) is -5.51. The van der Waals surface area contributed by atoms with Crippen LogP contribution in [0, 0.1) is 6.92 Å². The molecule has 1 spiro atoms. The number of pyridine rings is 1. The van der Waals surface area contributed by atoms with Gasteiger partial charge in [-0.25, -0.2) is 18.0 Å². The van der Waals surface area contributed by atoms with Gasteiger partial charge >= 0.3 is 24.3 Å². The first kappa shape index (κ1) is 35.9. The van der Waals surface area contributed by atoms with Crippen LogP contribution in [-0.4, -0.2) is 95.5 Å². The highest BCUT2D eigenvalue weighted by molar-refractivity contribution is 7.89. The van der Waals surface area contributed by atoms with Crippen LogP contribution in [0.25, 0.3) is 0 Å². The molecule has 2 aliphatic rings. The third kappa shape index (κ3) is 11.4. The van der Waals surface area contributed by atoms with E-state index in [4.69, 9.17) is 24.5 Å². The van der Waals surface area contributed by atoms with Crippen LogP contribution in [0.2, 0.25) is 0 Å². The maximum Gasteiger partial charge on any atom is 0.490 e. The van der Waals surface area contributed by atoms with Crippen molar-refractivity contribution >= 4 is 22.0 Å². The molecular weight excluding hydrogens is 612 g/mol. The Bertz CT molecular complexity index is 1290. The normalized spacial score (nSPS) is 20.2. The number of benzene rings is 1. The lowest BCUT2D eigenvalue weighted by Gasteiger charge is -2.42. The highest BCUT2D eigenvalue weighted by Crippen LogP contribution is 2.32. The number of hydrogen-bond acceptors (Lipinski definition) is 7. The second kappa shape index (κ2) is 14.9. The number of morpholine rings is 1. The molecule has 0 bridgehead atoms. The fourth-order valence-corrected chi connectivity index (χ4v) is 5.83. The number of rotatable bonds is 4. The highest BCUT2D eigenvalue weighted by Gasteiger charge is 2.41. The molecule has 10 nitrogen and oxygen atoms in total. The van der Waals surface area contributed by atoms with Crippen LogP contribution in [0.4, 0.5) is 26.3 Å². The molecule has 1 aromatic heterocycles. The Hall–Kier alpha value is -3.28. The van der Waals surface area contributed by atoms with Crippen LogP contribution in [0.1, 0.15) is 30.4 Å². The van der Waals surface area contributed by atoms with Crippen molar-refractivity contribution in [3.63, 3.8) is 0 Å². The standard InChI is InChI=1S/C22H29N3O3S.2C2HF3O2/c1-19-5-7-21(8-6-19)29(26,27)25-12-3-9-22(10-13-25)18-24(14-15-28-22)17-20-4-2-11-23-16-20;2*3-2(4,5)1(6)7/h2,4-8,11,16H,3,9-10,12-15,17-18H2,1H3;2*(H,6,7). The van der Waals surface area contributed by atoms with Gasteiger partial charge in [-0.1, -0.05) is 23.8 Å². The maximum atomic E-state index is 13.1. The molecule has 1 unspecified atom stereocenters. The van der Waals surface area contributed by atoms with E-state index in [9.17, 15) is 34.8 Å². The zero-order chi connectivity index (χ0) is 32.5. The number of aryl methyl sites for hydroxylation is 1. The van der Waals surface area contributed by atoms with Gasteiger partial charge in [-0.05, 0) is 49.9 Å². The van der Waals surface area contributed by atoms with E-state index >= 15 is 0 Å². The van der Waals surface area contributed by atoms with Crippen molar-refractivity contribution in [2.45, 2.75) is 55.6 Å². The first-order chi connectivity index (χ1) is 19.9. The predicted octanol–water partition coefficient (Wildman–Crippen LogP) is 4.10. The summed E-state index contributed by atoms with van der Waals surface area (Å²) in [6.07, 6.45) is -4.05. The van der Waals surface area contributed by atoms with Gasteiger partial charge in [-0.3, -0.25) is 9.88 Å². The molecule has 0 radical (unpaired) electrons. The van der Waals surface area contributed by atoms with E-state index in [-0.39, 0.29) is 5.60 Å². The van der Waals surface area contributed by atoms with E-state index in [0.29, 0.717) is 24.6 Å². The molecule has 2 saturated heterocycles. The number of carboxylic acid groups (broad SMARTS) is 2. The van der Waals surface area contributed by atoms with E-state index in [1.165, 1.54) is 5.56 Å². The quantitative estimate of drug-likeness (QED) is 0.472. The van der Waals surface area contributed by atoms with E-state index < -0.39 is 34.3 Å². The Morgan fingerprint density at radius 1 is 0.953 bits per heavy atom. The number of hydrogen-bond donors (Lipinski definition) is 2. The van der Waals surface area contributed by atoms with Gasteiger partial charge in [0.05, 0.1) is 17.1 Å². The lowest BCUT2D eigenvalue weighted by molar-refractivity contribution is -0.193. The van der Waals surface area contributed by atoms with Crippen LogP contribution >= 0.6 is 0 Å². The van der Waals surface area contributed by atoms with Crippen LogP contribution in [-0.2, 0) is 30.9 Å². The third-order valence-corrected chi connectivity index (χ3v) is 8.37. The van der Waals surface area contributed by atoms with E-state index in [1.54, 1.807) is 22.6 Å². The molecule has 2 N–H and O–H groups in total. The molecule has 4 rings (SSSR count). The number of aromatic nitrogens is 1.